The number of aliphatic hydroxyl groups excluding tert-OH is 1. The Hall–Kier alpha value is -1.85. The van der Waals surface area contributed by atoms with Gasteiger partial charge in [0.2, 0.25) is 17.7 Å². The van der Waals surface area contributed by atoms with Crippen LogP contribution in [-0.4, -0.2) is 76.7 Å². The Labute approximate surface area is 182 Å². The third kappa shape index (κ3) is 10.3. The molecule has 0 aliphatic rings. The van der Waals surface area contributed by atoms with Gasteiger partial charge in [-0.05, 0) is 36.7 Å². The quantitative estimate of drug-likeness (QED) is 0.202. The van der Waals surface area contributed by atoms with Gasteiger partial charge in [0.1, 0.15) is 18.1 Å². The molecule has 0 spiro atoms. The standard InChI is InChI=1S/C19H36N4O6S/c1-10(2)8-12(20)16(25)23-15(11(3)4)18(27)22-14(9-24)17(26)21-13(19(28)29)6-7-30-5/h10-15,24H,6-9,20H2,1-5H3,(H,21,26)(H,22,27)(H,23,25)(H,28,29). The summed E-state index contributed by atoms with van der Waals surface area (Å²) in [4.78, 5) is 48.6. The predicted molar refractivity (Wildman–Crippen MR) is 116 cm³/mol. The lowest BCUT2D eigenvalue weighted by Crippen LogP contribution is -2.59. The number of aliphatic hydroxyl groups is 1. The third-order valence-electron chi connectivity index (χ3n) is 4.35. The minimum Gasteiger partial charge on any atom is -0.480 e. The topological polar surface area (TPSA) is 171 Å². The maximum absolute atomic E-state index is 12.7. The summed E-state index contributed by atoms with van der Waals surface area (Å²) < 4.78 is 0. The van der Waals surface area contributed by atoms with E-state index < -0.39 is 54.5 Å². The van der Waals surface area contributed by atoms with Gasteiger partial charge in [0, 0.05) is 0 Å². The molecule has 0 fully saturated rings. The number of hydrogen-bond donors (Lipinski definition) is 6. The first-order valence-electron chi connectivity index (χ1n) is 9.93. The average Bonchev–Trinajstić information content (AvgIpc) is 2.65. The first-order chi connectivity index (χ1) is 13.9. The van der Waals surface area contributed by atoms with Crippen LogP contribution in [0.2, 0.25) is 0 Å². The van der Waals surface area contributed by atoms with E-state index in [0.717, 1.165) is 0 Å². The van der Waals surface area contributed by atoms with Crippen LogP contribution in [0, 0.1) is 11.8 Å². The Morgan fingerprint density at radius 2 is 1.50 bits per heavy atom. The molecule has 0 aliphatic heterocycles. The van der Waals surface area contributed by atoms with Gasteiger partial charge in [-0.3, -0.25) is 14.4 Å². The molecule has 0 heterocycles. The molecule has 3 amide bonds. The zero-order valence-corrected chi connectivity index (χ0v) is 19.1. The molecule has 0 saturated heterocycles. The van der Waals surface area contributed by atoms with Crippen molar-refractivity contribution in [3.8, 4) is 0 Å². The van der Waals surface area contributed by atoms with Crippen molar-refractivity contribution in [2.24, 2.45) is 17.6 Å². The van der Waals surface area contributed by atoms with Crippen molar-refractivity contribution in [1.29, 1.82) is 0 Å². The number of thioether (sulfide) groups is 1. The van der Waals surface area contributed by atoms with Crippen LogP contribution in [0.3, 0.4) is 0 Å². The number of nitrogens with one attached hydrogen (secondary N) is 3. The van der Waals surface area contributed by atoms with E-state index in [1.165, 1.54) is 11.8 Å². The van der Waals surface area contributed by atoms with Crippen LogP contribution >= 0.6 is 11.8 Å². The highest BCUT2D eigenvalue weighted by atomic mass is 32.2. The van der Waals surface area contributed by atoms with Gasteiger partial charge in [-0.15, -0.1) is 0 Å². The third-order valence-corrected chi connectivity index (χ3v) is 4.99. The van der Waals surface area contributed by atoms with E-state index in [2.05, 4.69) is 16.0 Å². The average molecular weight is 449 g/mol. The second-order valence-corrected chi connectivity index (χ2v) is 8.88. The molecule has 0 aromatic heterocycles. The van der Waals surface area contributed by atoms with Crippen molar-refractivity contribution in [2.45, 2.75) is 64.7 Å². The van der Waals surface area contributed by atoms with Crippen LogP contribution in [0.4, 0.5) is 0 Å². The summed E-state index contributed by atoms with van der Waals surface area (Å²) in [5.41, 5.74) is 5.86. The SMILES string of the molecule is CSCCC(NC(=O)C(CO)NC(=O)C(NC(=O)C(N)CC(C)C)C(C)C)C(=O)O. The summed E-state index contributed by atoms with van der Waals surface area (Å²) in [6.07, 6.45) is 2.46. The van der Waals surface area contributed by atoms with Crippen molar-refractivity contribution in [1.82, 2.24) is 16.0 Å². The van der Waals surface area contributed by atoms with E-state index in [4.69, 9.17) is 5.73 Å². The Morgan fingerprint density at radius 1 is 0.933 bits per heavy atom. The lowest BCUT2D eigenvalue weighted by Gasteiger charge is -2.26. The number of aliphatic carboxylic acids is 1. The van der Waals surface area contributed by atoms with E-state index in [1.54, 1.807) is 13.8 Å². The van der Waals surface area contributed by atoms with Gasteiger partial charge in [0.15, 0.2) is 0 Å². The summed E-state index contributed by atoms with van der Waals surface area (Å²) in [6.45, 7) is 6.56. The summed E-state index contributed by atoms with van der Waals surface area (Å²) in [6, 6.07) is -4.23. The maximum Gasteiger partial charge on any atom is 0.326 e. The molecular weight excluding hydrogens is 412 g/mol. The molecule has 0 aromatic rings. The number of carboxylic acids is 1. The molecule has 7 N–H and O–H groups in total. The second kappa shape index (κ2) is 14.2. The molecular formula is C19H36N4O6S. The summed E-state index contributed by atoms with van der Waals surface area (Å²) >= 11 is 1.43. The zero-order valence-electron chi connectivity index (χ0n) is 18.3. The highest BCUT2D eigenvalue weighted by Crippen LogP contribution is 2.07. The molecule has 4 unspecified atom stereocenters. The molecule has 0 rings (SSSR count). The molecule has 0 radical (unpaired) electrons. The lowest BCUT2D eigenvalue weighted by molar-refractivity contribution is -0.142. The van der Waals surface area contributed by atoms with Crippen LogP contribution in [0.1, 0.15) is 40.5 Å². The zero-order chi connectivity index (χ0) is 23.4. The number of hydrogen-bond acceptors (Lipinski definition) is 7. The molecule has 174 valence electrons. The van der Waals surface area contributed by atoms with E-state index in [1.807, 2.05) is 20.1 Å². The molecule has 30 heavy (non-hydrogen) atoms. The molecule has 0 bridgehead atoms. The van der Waals surface area contributed by atoms with Gasteiger partial charge < -0.3 is 31.9 Å². The second-order valence-electron chi connectivity index (χ2n) is 7.89. The number of rotatable bonds is 14. The summed E-state index contributed by atoms with van der Waals surface area (Å²) in [7, 11) is 0. The molecule has 10 nitrogen and oxygen atoms in total. The van der Waals surface area contributed by atoms with Gasteiger partial charge in [-0.1, -0.05) is 27.7 Å². The molecule has 0 aromatic carbocycles. The summed E-state index contributed by atoms with van der Waals surface area (Å²) in [5, 5.41) is 26.0. The van der Waals surface area contributed by atoms with Crippen molar-refractivity contribution >= 4 is 35.5 Å². The van der Waals surface area contributed by atoms with Crippen molar-refractivity contribution in [2.75, 3.05) is 18.6 Å². The number of carbonyl (C=O) groups excluding carboxylic acids is 3. The summed E-state index contributed by atoms with van der Waals surface area (Å²) in [5.74, 6) is -2.75. The molecule has 0 aliphatic carbocycles. The number of carboxylic acid groups (broad SMARTS) is 1. The Balaban J connectivity index is 5.11. The number of nitrogens with two attached hydrogens (primary N) is 1. The fourth-order valence-corrected chi connectivity index (χ4v) is 3.10. The van der Waals surface area contributed by atoms with Gasteiger partial charge in [-0.25, -0.2) is 4.79 Å². The first kappa shape index (κ1) is 28.1. The van der Waals surface area contributed by atoms with E-state index in [9.17, 15) is 29.4 Å². The molecule has 11 heteroatoms. The fourth-order valence-electron chi connectivity index (χ4n) is 2.63. The Kier molecular flexibility index (Phi) is 13.3. The minimum absolute atomic E-state index is 0.201. The van der Waals surface area contributed by atoms with E-state index in [-0.39, 0.29) is 18.3 Å². The fraction of sp³-hybridized carbons (Fsp3) is 0.789. The number of carbonyl (C=O) groups is 4. The van der Waals surface area contributed by atoms with Crippen molar-refractivity contribution in [3.05, 3.63) is 0 Å². The van der Waals surface area contributed by atoms with E-state index in [0.29, 0.717) is 12.2 Å². The van der Waals surface area contributed by atoms with Crippen molar-refractivity contribution in [3.63, 3.8) is 0 Å². The Bertz CT molecular complexity index is 587. The predicted octanol–water partition coefficient (Wildman–Crippen LogP) is -0.700. The Morgan fingerprint density at radius 3 is 1.93 bits per heavy atom. The van der Waals surface area contributed by atoms with Crippen LogP contribution in [0.5, 0.6) is 0 Å². The van der Waals surface area contributed by atoms with Crippen LogP contribution in [0.25, 0.3) is 0 Å². The normalized spacial score (nSPS) is 15.2. The largest absolute Gasteiger partial charge is 0.480 e. The van der Waals surface area contributed by atoms with Gasteiger partial charge in [0.25, 0.3) is 0 Å². The highest BCUT2D eigenvalue weighted by Gasteiger charge is 2.31. The van der Waals surface area contributed by atoms with E-state index >= 15 is 0 Å². The van der Waals surface area contributed by atoms with Gasteiger partial charge >= 0.3 is 5.97 Å². The molecule has 4 atom stereocenters. The minimum atomic E-state index is -1.35. The first-order valence-corrected chi connectivity index (χ1v) is 11.3. The number of amides is 3. The molecule has 0 saturated carbocycles. The lowest BCUT2D eigenvalue weighted by atomic mass is 10.00. The smallest absolute Gasteiger partial charge is 0.326 e. The maximum atomic E-state index is 12.7. The monoisotopic (exact) mass is 448 g/mol. The highest BCUT2D eigenvalue weighted by molar-refractivity contribution is 7.98. The van der Waals surface area contributed by atoms with Crippen LogP contribution in [0.15, 0.2) is 0 Å². The van der Waals surface area contributed by atoms with Crippen LogP contribution in [-0.2, 0) is 19.2 Å². The van der Waals surface area contributed by atoms with Crippen LogP contribution < -0.4 is 21.7 Å². The van der Waals surface area contributed by atoms with Crippen molar-refractivity contribution < 1.29 is 29.4 Å². The van der Waals surface area contributed by atoms with Gasteiger partial charge in [0.05, 0.1) is 12.6 Å². The van der Waals surface area contributed by atoms with Gasteiger partial charge in [-0.2, -0.15) is 11.8 Å².